The predicted octanol–water partition coefficient (Wildman–Crippen LogP) is 4.45. The zero-order chi connectivity index (χ0) is 27.8. The number of allylic oxidation sites excluding steroid dienone is 4. The van der Waals surface area contributed by atoms with Gasteiger partial charge in [-0.2, -0.15) is 0 Å². The molecule has 6 rings (SSSR count). The summed E-state index contributed by atoms with van der Waals surface area (Å²) in [7, 11) is 0. The topological polar surface area (TPSA) is 0 Å². The first-order chi connectivity index (χ1) is 19.5. The molecule has 0 N–H and O–H groups in total. The fourth-order valence-electron chi connectivity index (χ4n) is 7.28. The molecule has 0 spiro atoms. The maximum atomic E-state index is 2.53. The van der Waals surface area contributed by atoms with Gasteiger partial charge in [-0.25, -0.2) is 0 Å². The average molecular weight is 671 g/mol. The van der Waals surface area contributed by atoms with Crippen molar-refractivity contribution in [3.05, 3.63) is 150 Å². The molecule has 2 aliphatic carbocycles. The van der Waals surface area contributed by atoms with Crippen molar-refractivity contribution < 1.29 is 46.1 Å². The van der Waals surface area contributed by atoms with Gasteiger partial charge in [0.1, 0.15) is 0 Å². The van der Waals surface area contributed by atoms with Crippen molar-refractivity contribution in [2.24, 2.45) is 0 Å². The van der Waals surface area contributed by atoms with Crippen molar-refractivity contribution in [1.82, 2.24) is 0 Å². The monoisotopic (exact) mass is 668 g/mol. The van der Waals surface area contributed by atoms with Crippen LogP contribution in [0.2, 0.25) is 0 Å². The maximum Gasteiger partial charge on any atom is -1.00 e. The van der Waals surface area contributed by atoms with Gasteiger partial charge >= 0.3 is 250 Å². The Hall–Kier alpha value is -2.31. The van der Waals surface area contributed by atoms with Crippen LogP contribution in [0.4, 0.5) is 0 Å². The molecule has 4 aromatic rings. The first kappa shape index (κ1) is 32.6. The number of rotatable bonds is 7. The van der Waals surface area contributed by atoms with Crippen LogP contribution < -0.4 is 24.8 Å². The largest absolute Gasteiger partial charge is 1.00 e. The first-order valence-corrected chi connectivity index (χ1v) is 18.9. The van der Waals surface area contributed by atoms with Crippen LogP contribution in [0.15, 0.2) is 117 Å². The summed E-state index contributed by atoms with van der Waals surface area (Å²) in [6.45, 7) is 11.7. The van der Waals surface area contributed by atoms with Gasteiger partial charge in [0.2, 0.25) is 0 Å². The summed E-state index contributed by atoms with van der Waals surface area (Å²) in [6, 6.07) is 37.3. The van der Waals surface area contributed by atoms with Gasteiger partial charge in [0.15, 0.2) is 0 Å². The molecule has 0 bridgehead atoms. The second-order valence-corrected chi connectivity index (χ2v) is 17.6. The maximum absolute atomic E-state index is 2.72. The standard InChI is InChI=1S/C15H13.C13H10.C11H17.2ClH.Zr/c1-10-3-5-14-12(7-10)9-13-8-11(2)4-6-15(13)14;1-3-7-12(8-4-1)11-13-9-5-2-6-10-13;1-4-9-7-8-10(5-2)11(9)6-3;;;/h3-9H,1-2H3;1-10H;4-7H2,1-3H3;2*1H;/q;;;;;+2/p-2. The summed E-state index contributed by atoms with van der Waals surface area (Å²) < 4.78 is 3.96. The van der Waals surface area contributed by atoms with Crippen molar-refractivity contribution in [2.75, 3.05) is 0 Å². The number of hydrogen-bond acceptors (Lipinski definition) is 0. The first-order valence-electron chi connectivity index (χ1n) is 15.1. The van der Waals surface area contributed by atoms with Crippen molar-refractivity contribution in [1.29, 1.82) is 0 Å². The molecule has 0 saturated heterocycles. The van der Waals surface area contributed by atoms with Crippen LogP contribution in [0, 0.1) is 13.8 Å². The summed E-state index contributed by atoms with van der Waals surface area (Å²) >= 11 is -2.72. The molecule has 0 atom stereocenters. The minimum atomic E-state index is -2.72. The van der Waals surface area contributed by atoms with Gasteiger partial charge in [0.25, 0.3) is 0 Å². The molecular weight excluding hydrogens is 631 g/mol. The van der Waals surface area contributed by atoms with E-state index in [4.69, 9.17) is 0 Å². The molecular formula is C39H40Cl2Zr. The van der Waals surface area contributed by atoms with Gasteiger partial charge in [-0.3, -0.25) is 0 Å². The van der Waals surface area contributed by atoms with Crippen molar-refractivity contribution in [3.63, 3.8) is 0 Å². The molecule has 0 radical (unpaired) electrons. The molecule has 0 amide bonds. The minimum Gasteiger partial charge on any atom is -1.00 e. The zero-order valence-electron chi connectivity index (χ0n) is 25.4. The molecule has 0 nitrogen and oxygen atoms in total. The van der Waals surface area contributed by atoms with Crippen LogP contribution >= 0.6 is 0 Å². The van der Waals surface area contributed by atoms with Crippen LogP contribution in [0.1, 0.15) is 83.5 Å². The van der Waals surface area contributed by atoms with E-state index in [-0.39, 0.29) is 24.8 Å². The Morgan fingerprint density at radius 3 is 1.52 bits per heavy atom. The predicted molar refractivity (Wildman–Crippen MR) is 169 cm³/mol. The number of hydrogen-bond donors (Lipinski definition) is 0. The molecule has 2 aliphatic rings. The Bertz CT molecular complexity index is 1580. The van der Waals surface area contributed by atoms with E-state index in [1.165, 1.54) is 39.8 Å². The average Bonchev–Trinajstić information content (AvgIpc) is 3.50. The van der Waals surface area contributed by atoms with E-state index < -0.39 is 21.3 Å². The quantitative estimate of drug-likeness (QED) is 0.273. The molecule has 0 aliphatic heterocycles. The van der Waals surface area contributed by atoms with Crippen molar-refractivity contribution >= 4 is 3.21 Å². The van der Waals surface area contributed by atoms with Gasteiger partial charge < -0.3 is 24.8 Å². The third-order valence-corrected chi connectivity index (χ3v) is 17.5. The molecule has 0 fully saturated rings. The normalized spacial score (nSPS) is 13.6. The summed E-state index contributed by atoms with van der Waals surface area (Å²) in [5, 5.41) is 0. The smallest absolute Gasteiger partial charge is 1.00 e. The summed E-state index contributed by atoms with van der Waals surface area (Å²) in [6.07, 6.45) is 4.62. The Labute approximate surface area is 273 Å². The fourth-order valence-corrected chi connectivity index (χ4v) is 17.2. The van der Waals surface area contributed by atoms with Crippen molar-refractivity contribution in [2.45, 2.75) is 63.9 Å². The Balaban J connectivity index is 0.00000202. The van der Waals surface area contributed by atoms with E-state index >= 15 is 0 Å². The Kier molecular flexibility index (Phi) is 10.9. The Morgan fingerprint density at radius 1 is 0.619 bits per heavy atom. The summed E-state index contributed by atoms with van der Waals surface area (Å²) in [5.74, 6) is 0. The van der Waals surface area contributed by atoms with Gasteiger partial charge in [-0.15, -0.1) is 0 Å². The van der Waals surface area contributed by atoms with Gasteiger partial charge in [0, 0.05) is 0 Å². The molecule has 4 aromatic carbocycles. The number of fused-ring (bicyclic) bond motifs is 3. The van der Waals surface area contributed by atoms with Crippen LogP contribution in [0.5, 0.6) is 0 Å². The molecule has 0 unspecified atom stereocenters. The second kappa shape index (κ2) is 14.0. The summed E-state index contributed by atoms with van der Waals surface area (Å²) in [4.78, 5) is 0. The molecule has 3 heteroatoms. The second-order valence-electron chi connectivity index (χ2n) is 11.4. The van der Waals surface area contributed by atoms with E-state index in [2.05, 4.69) is 132 Å². The summed E-state index contributed by atoms with van der Waals surface area (Å²) in [5.41, 5.74) is 16.7. The molecule has 0 saturated carbocycles. The van der Waals surface area contributed by atoms with E-state index in [9.17, 15) is 0 Å². The van der Waals surface area contributed by atoms with E-state index in [1.54, 1.807) is 31.1 Å². The fraction of sp³-hybridized carbons (Fsp3) is 0.256. The van der Waals surface area contributed by atoms with Gasteiger partial charge in [0.05, 0.1) is 0 Å². The third kappa shape index (κ3) is 5.78. The van der Waals surface area contributed by atoms with E-state index in [1.807, 2.05) is 3.28 Å². The van der Waals surface area contributed by atoms with Crippen molar-refractivity contribution in [3.8, 4) is 11.1 Å². The third-order valence-electron chi connectivity index (χ3n) is 9.01. The molecule has 42 heavy (non-hydrogen) atoms. The van der Waals surface area contributed by atoms with E-state index in [0.29, 0.717) is 3.63 Å². The SMILES string of the molecule is CCC1=C(CC)C(CC)=[C]([Zr+2](=[C](c2ccccc2)c2ccccc2)[CH]2c3cc(C)ccc3-c3ccc(C)cc32)C1.[Cl-].[Cl-]. The van der Waals surface area contributed by atoms with Crippen LogP contribution in [0.25, 0.3) is 11.1 Å². The zero-order valence-corrected chi connectivity index (χ0v) is 29.4. The minimum absolute atomic E-state index is 0. The van der Waals surface area contributed by atoms with Gasteiger partial charge in [-0.1, -0.05) is 0 Å². The Morgan fingerprint density at radius 2 is 1.10 bits per heavy atom. The van der Waals surface area contributed by atoms with Gasteiger partial charge in [-0.05, 0) is 0 Å². The molecule has 214 valence electrons. The number of halogens is 2. The molecule has 0 heterocycles. The number of aryl methyl sites for hydroxylation is 2. The van der Waals surface area contributed by atoms with E-state index in [0.717, 1.165) is 19.3 Å². The van der Waals surface area contributed by atoms with Crippen LogP contribution in [-0.2, 0) is 21.3 Å². The van der Waals surface area contributed by atoms with Crippen LogP contribution in [-0.4, -0.2) is 3.21 Å². The molecule has 0 aromatic heterocycles. The van der Waals surface area contributed by atoms with Crippen LogP contribution in [0.3, 0.4) is 0 Å². The number of benzene rings is 4.